The highest BCUT2D eigenvalue weighted by Crippen LogP contribution is 2.75. The van der Waals surface area contributed by atoms with Crippen molar-refractivity contribution in [2.45, 2.75) is 105 Å². The molecule has 0 saturated heterocycles. The molecule has 5 aliphatic carbocycles. The van der Waals surface area contributed by atoms with Crippen LogP contribution in [0.5, 0.6) is 0 Å². The van der Waals surface area contributed by atoms with Crippen LogP contribution in [0.4, 0.5) is 0 Å². The quantitative estimate of drug-likeness (QED) is 0.391. The maximum absolute atomic E-state index is 12.8. The normalized spacial score (nSPS) is 54.2. The largest absolute Gasteiger partial charge is 0.481 e. The van der Waals surface area contributed by atoms with E-state index in [2.05, 4.69) is 33.8 Å². The van der Waals surface area contributed by atoms with E-state index in [-0.39, 0.29) is 34.7 Å². The lowest BCUT2D eigenvalue weighted by molar-refractivity contribution is -0.217. The van der Waals surface area contributed by atoms with E-state index in [4.69, 9.17) is 0 Å². The van der Waals surface area contributed by atoms with Crippen LogP contribution in [0, 0.1) is 50.2 Å². The molecule has 5 aliphatic rings. The van der Waals surface area contributed by atoms with Crippen LogP contribution in [0.1, 0.15) is 98.8 Å². The Bertz CT molecular complexity index is 1010. The molecule has 4 fully saturated rings. The predicted octanol–water partition coefficient (Wildman–Crippen LogP) is 5.27. The van der Waals surface area contributed by atoms with Gasteiger partial charge in [0.1, 0.15) is 0 Å². The average molecular weight is 503 g/mol. The van der Waals surface area contributed by atoms with Crippen LogP contribution in [0.2, 0.25) is 0 Å². The second kappa shape index (κ2) is 7.81. The van der Waals surface area contributed by atoms with E-state index in [0.29, 0.717) is 38.0 Å². The zero-order valence-electron chi connectivity index (χ0n) is 22.8. The summed E-state index contributed by atoms with van der Waals surface area (Å²) in [6, 6.07) is 0. The Labute approximate surface area is 215 Å². The number of allylic oxidation sites excluding steroid dienone is 2. The van der Waals surface area contributed by atoms with Gasteiger partial charge < -0.3 is 20.4 Å². The van der Waals surface area contributed by atoms with Gasteiger partial charge in [-0.1, -0.05) is 39.3 Å². The van der Waals surface area contributed by atoms with Crippen molar-refractivity contribution < 1.29 is 30.0 Å². The monoisotopic (exact) mass is 502 g/mol. The number of rotatable bonds is 3. The van der Waals surface area contributed by atoms with Gasteiger partial charge in [-0.25, -0.2) is 0 Å². The Morgan fingerprint density at radius 3 is 2.17 bits per heavy atom. The van der Waals surface area contributed by atoms with Gasteiger partial charge in [0.05, 0.1) is 23.5 Å². The highest BCUT2D eigenvalue weighted by atomic mass is 16.4. The minimum Gasteiger partial charge on any atom is -0.481 e. The lowest BCUT2D eigenvalue weighted by atomic mass is 9.33. The van der Waals surface area contributed by atoms with E-state index in [1.807, 2.05) is 0 Å². The number of aliphatic carboxylic acids is 2. The molecule has 5 rings (SSSR count). The summed E-state index contributed by atoms with van der Waals surface area (Å²) in [4.78, 5) is 25.0. The molecule has 0 aliphatic heterocycles. The first-order valence-electron chi connectivity index (χ1n) is 14.1. The first-order valence-corrected chi connectivity index (χ1v) is 14.1. The van der Waals surface area contributed by atoms with Crippen molar-refractivity contribution in [3.05, 3.63) is 11.6 Å². The van der Waals surface area contributed by atoms with Crippen molar-refractivity contribution >= 4 is 11.9 Å². The smallest absolute Gasteiger partial charge is 0.310 e. The number of hydrogen-bond donors (Lipinski definition) is 4. The van der Waals surface area contributed by atoms with Gasteiger partial charge in [-0.15, -0.1) is 0 Å². The molecule has 0 unspecified atom stereocenters. The predicted molar refractivity (Wildman–Crippen MR) is 136 cm³/mol. The van der Waals surface area contributed by atoms with Crippen LogP contribution in [-0.4, -0.2) is 45.1 Å². The van der Waals surface area contributed by atoms with Crippen LogP contribution in [0.25, 0.3) is 0 Å². The minimum absolute atomic E-state index is 0.00675. The first kappa shape index (κ1) is 26.2. The van der Waals surface area contributed by atoms with Crippen LogP contribution >= 0.6 is 0 Å². The number of aliphatic hydroxyl groups excluding tert-OH is 2. The molecule has 202 valence electrons. The minimum atomic E-state index is -0.896. The highest BCUT2D eigenvalue weighted by Gasteiger charge is 2.70. The molecule has 6 heteroatoms. The summed E-state index contributed by atoms with van der Waals surface area (Å²) in [5.41, 5.74) is -1.29. The molecule has 0 aromatic rings. The SMILES string of the molecule is C[C@@]1(C(=O)O)CC[C@]2(C(=O)O)CC[C@]3(C)C(=CC[C@@H]4[C@@]5(C)CC[C@H](O)[C@@](C)(CO)[C@@H]5CC[C@]43C)[C@@H]2C1. The maximum atomic E-state index is 12.8. The number of carboxylic acid groups (broad SMARTS) is 2. The third-order valence-corrected chi connectivity index (χ3v) is 13.5. The first-order chi connectivity index (χ1) is 16.6. The van der Waals surface area contributed by atoms with Gasteiger partial charge in [-0.3, -0.25) is 9.59 Å². The van der Waals surface area contributed by atoms with Gasteiger partial charge in [-0.2, -0.15) is 0 Å². The van der Waals surface area contributed by atoms with E-state index >= 15 is 0 Å². The van der Waals surface area contributed by atoms with Crippen molar-refractivity contribution in [2.24, 2.45) is 50.2 Å². The summed E-state index contributed by atoms with van der Waals surface area (Å²) < 4.78 is 0. The molecule has 0 aromatic heterocycles. The van der Waals surface area contributed by atoms with E-state index < -0.39 is 34.3 Å². The van der Waals surface area contributed by atoms with E-state index in [1.54, 1.807) is 6.92 Å². The Balaban J connectivity index is 1.60. The summed E-state index contributed by atoms with van der Waals surface area (Å²) in [6.07, 6.45) is 8.93. The van der Waals surface area contributed by atoms with Gasteiger partial charge in [0, 0.05) is 5.41 Å². The number of carboxylic acids is 2. The van der Waals surface area contributed by atoms with Gasteiger partial charge in [0.15, 0.2) is 0 Å². The van der Waals surface area contributed by atoms with Crippen molar-refractivity contribution in [2.75, 3.05) is 6.61 Å². The van der Waals surface area contributed by atoms with Crippen LogP contribution in [0.3, 0.4) is 0 Å². The van der Waals surface area contributed by atoms with Crippen molar-refractivity contribution in [1.82, 2.24) is 0 Å². The lowest BCUT2D eigenvalue weighted by Crippen LogP contribution is -2.66. The summed E-state index contributed by atoms with van der Waals surface area (Å²) >= 11 is 0. The lowest BCUT2D eigenvalue weighted by Gasteiger charge is -2.71. The van der Waals surface area contributed by atoms with Gasteiger partial charge in [-0.05, 0) is 105 Å². The van der Waals surface area contributed by atoms with Crippen molar-refractivity contribution in [3.63, 3.8) is 0 Å². The molecular weight excluding hydrogens is 456 g/mol. The molecule has 4 saturated carbocycles. The van der Waals surface area contributed by atoms with E-state index in [1.165, 1.54) is 5.57 Å². The molecule has 4 N–H and O–H groups in total. The number of carbonyl (C=O) groups is 2. The second-order valence-corrected chi connectivity index (χ2v) is 14.6. The summed E-state index contributed by atoms with van der Waals surface area (Å²) in [5, 5.41) is 41.9. The third-order valence-electron chi connectivity index (χ3n) is 13.5. The summed E-state index contributed by atoms with van der Waals surface area (Å²) in [5.74, 6) is -1.20. The number of aliphatic hydroxyl groups is 2. The Morgan fingerprint density at radius 2 is 1.56 bits per heavy atom. The van der Waals surface area contributed by atoms with Crippen LogP contribution < -0.4 is 0 Å². The molecule has 0 spiro atoms. The summed E-state index contributed by atoms with van der Waals surface area (Å²) in [7, 11) is 0. The van der Waals surface area contributed by atoms with E-state index in [9.17, 15) is 30.0 Å². The number of hydrogen-bond acceptors (Lipinski definition) is 4. The molecule has 0 heterocycles. The van der Waals surface area contributed by atoms with Gasteiger partial charge >= 0.3 is 11.9 Å². The Morgan fingerprint density at radius 1 is 0.889 bits per heavy atom. The third kappa shape index (κ3) is 2.98. The topological polar surface area (TPSA) is 115 Å². The highest BCUT2D eigenvalue weighted by molar-refractivity contribution is 5.79. The molecule has 36 heavy (non-hydrogen) atoms. The Hall–Kier alpha value is -1.40. The molecule has 0 radical (unpaired) electrons. The molecule has 0 aromatic carbocycles. The Kier molecular flexibility index (Phi) is 5.69. The fraction of sp³-hybridized carbons (Fsp3) is 0.867. The zero-order chi connectivity index (χ0) is 26.5. The average Bonchev–Trinajstić information content (AvgIpc) is 2.82. The molecule has 10 atom stereocenters. The van der Waals surface area contributed by atoms with E-state index in [0.717, 1.165) is 32.1 Å². The molecule has 0 amide bonds. The fourth-order valence-electron chi connectivity index (χ4n) is 10.7. The van der Waals surface area contributed by atoms with Crippen molar-refractivity contribution in [1.29, 1.82) is 0 Å². The second-order valence-electron chi connectivity index (χ2n) is 14.6. The fourth-order valence-corrected chi connectivity index (χ4v) is 10.7. The van der Waals surface area contributed by atoms with Crippen LogP contribution in [0.15, 0.2) is 11.6 Å². The zero-order valence-corrected chi connectivity index (χ0v) is 22.8. The standard InChI is InChI=1S/C30H46O6/c1-25(23(33)34)12-14-30(24(35)36)15-13-28(4)18(19(30)16-25)6-7-21-26(2)10-9-22(32)27(3,17-31)20(26)8-11-29(21,28)5/h6,19-22,31-32H,7-17H2,1-5H3,(H,33,34)(H,35,36)/t19-,20+,21+,22-,25+,26-,27-,28+,29+,30-/m0/s1. The van der Waals surface area contributed by atoms with Crippen molar-refractivity contribution in [3.8, 4) is 0 Å². The molecular formula is C30H46O6. The maximum Gasteiger partial charge on any atom is 0.310 e. The number of fused-ring (bicyclic) bond motifs is 7. The van der Waals surface area contributed by atoms with Gasteiger partial charge in [0.2, 0.25) is 0 Å². The molecule has 0 bridgehead atoms. The van der Waals surface area contributed by atoms with Gasteiger partial charge in [0.25, 0.3) is 0 Å². The molecule has 6 nitrogen and oxygen atoms in total. The summed E-state index contributed by atoms with van der Waals surface area (Å²) in [6.45, 7) is 11.0. The van der Waals surface area contributed by atoms with Crippen LogP contribution in [-0.2, 0) is 9.59 Å².